The maximum Gasteiger partial charge on any atom is 0.317 e. The lowest BCUT2D eigenvalue weighted by Gasteiger charge is -2.35. The number of amides is 2. The molecule has 7 heteroatoms. The Kier molecular flexibility index (Phi) is 5.81. The van der Waals surface area contributed by atoms with Gasteiger partial charge in [-0.25, -0.2) is 4.79 Å². The lowest BCUT2D eigenvalue weighted by molar-refractivity contribution is -0.137. The summed E-state index contributed by atoms with van der Waals surface area (Å²) >= 11 is 0. The number of aliphatic carboxylic acids is 1. The van der Waals surface area contributed by atoms with Gasteiger partial charge < -0.3 is 20.1 Å². The van der Waals surface area contributed by atoms with E-state index in [0.717, 1.165) is 32.4 Å². The van der Waals surface area contributed by atoms with Crippen LogP contribution in [0.5, 0.6) is 0 Å². The van der Waals surface area contributed by atoms with Crippen molar-refractivity contribution < 1.29 is 19.4 Å². The number of hydrogen-bond acceptors (Lipinski definition) is 4. The van der Waals surface area contributed by atoms with E-state index in [1.54, 1.807) is 7.11 Å². The molecule has 7 nitrogen and oxygen atoms in total. The minimum absolute atomic E-state index is 0.0261. The molecule has 1 heterocycles. The van der Waals surface area contributed by atoms with Gasteiger partial charge in [-0.1, -0.05) is 0 Å². The Balaban J connectivity index is 1.71. The number of ether oxygens (including phenoxy) is 1. The smallest absolute Gasteiger partial charge is 0.317 e. The molecule has 0 aromatic carbocycles. The average molecular weight is 299 g/mol. The van der Waals surface area contributed by atoms with Crippen molar-refractivity contribution in [1.29, 1.82) is 0 Å². The van der Waals surface area contributed by atoms with Crippen molar-refractivity contribution in [3.05, 3.63) is 0 Å². The zero-order valence-electron chi connectivity index (χ0n) is 12.6. The van der Waals surface area contributed by atoms with Crippen LogP contribution in [0.2, 0.25) is 0 Å². The summed E-state index contributed by atoms with van der Waals surface area (Å²) in [7, 11) is 1.69. The Morgan fingerprint density at radius 2 is 1.95 bits per heavy atom. The molecule has 2 aliphatic rings. The van der Waals surface area contributed by atoms with Crippen LogP contribution in [0, 0.1) is 0 Å². The summed E-state index contributed by atoms with van der Waals surface area (Å²) in [5.41, 5.74) is 0. The van der Waals surface area contributed by atoms with Crippen LogP contribution in [0.25, 0.3) is 0 Å². The van der Waals surface area contributed by atoms with Crippen molar-refractivity contribution in [1.82, 2.24) is 15.1 Å². The molecule has 1 saturated carbocycles. The van der Waals surface area contributed by atoms with Gasteiger partial charge in [-0.05, 0) is 19.3 Å². The standard InChI is InChI=1S/C14H25N3O4/c1-21-12-4-2-3-11(12)15-14(20)17-9-7-16(8-10-17)6-5-13(18)19/h11-12H,2-10H2,1H3,(H,15,20)(H,18,19). The lowest BCUT2D eigenvalue weighted by Crippen LogP contribution is -2.54. The molecule has 2 amide bonds. The third-order valence-corrected chi connectivity index (χ3v) is 4.37. The van der Waals surface area contributed by atoms with E-state index in [9.17, 15) is 9.59 Å². The third kappa shape index (κ3) is 4.57. The van der Waals surface area contributed by atoms with Crippen molar-refractivity contribution in [3.8, 4) is 0 Å². The minimum atomic E-state index is -0.776. The third-order valence-electron chi connectivity index (χ3n) is 4.37. The molecule has 2 atom stereocenters. The predicted octanol–water partition coefficient (Wildman–Crippen LogP) is 0.356. The quantitative estimate of drug-likeness (QED) is 0.766. The van der Waals surface area contributed by atoms with E-state index < -0.39 is 5.97 Å². The molecule has 2 N–H and O–H groups in total. The summed E-state index contributed by atoms with van der Waals surface area (Å²) in [6, 6.07) is 0.0920. The molecule has 2 rings (SSSR count). The molecule has 0 radical (unpaired) electrons. The van der Waals surface area contributed by atoms with Crippen LogP contribution in [0.1, 0.15) is 25.7 Å². The van der Waals surface area contributed by atoms with Gasteiger partial charge in [0, 0.05) is 39.8 Å². The largest absolute Gasteiger partial charge is 0.481 e. The number of piperazine rings is 1. The number of carboxylic acid groups (broad SMARTS) is 1. The average Bonchev–Trinajstić information content (AvgIpc) is 2.92. The molecule has 1 aliphatic carbocycles. The van der Waals surface area contributed by atoms with E-state index in [1.807, 2.05) is 4.90 Å². The number of nitrogens with one attached hydrogen (secondary N) is 1. The molecule has 0 bridgehead atoms. The van der Waals surface area contributed by atoms with Crippen LogP contribution in [-0.2, 0) is 9.53 Å². The SMILES string of the molecule is COC1CCCC1NC(=O)N1CCN(CCC(=O)O)CC1. The summed E-state index contributed by atoms with van der Waals surface area (Å²) in [5.74, 6) is -0.776. The molecular formula is C14H25N3O4. The number of urea groups is 1. The molecule has 1 saturated heterocycles. The van der Waals surface area contributed by atoms with Gasteiger partial charge in [-0.3, -0.25) is 9.69 Å². The zero-order chi connectivity index (χ0) is 15.2. The van der Waals surface area contributed by atoms with Gasteiger partial charge in [0.15, 0.2) is 0 Å². The molecule has 21 heavy (non-hydrogen) atoms. The summed E-state index contributed by atoms with van der Waals surface area (Å²) in [4.78, 5) is 26.7. The fourth-order valence-electron chi connectivity index (χ4n) is 3.05. The molecule has 0 aromatic heterocycles. The Labute approximate surface area is 125 Å². The maximum atomic E-state index is 12.2. The molecule has 2 fully saturated rings. The molecule has 120 valence electrons. The van der Waals surface area contributed by atoms with Gasteiger partial charge in [-0.2, -0.15) is 0 Å². The Hall–Kier alpha value is -1.34. The van der Waals surface area contributed by atoms with Gasteiger partial charge in [0.2, 0.25) is 0 Å². The highest BCUT2D eigenvalue weighted by Crippen LogP contribution is 2.21. The van der Waals surface area contributed by atoms with Crippen molar-refractivity contribution in [2.45, 2.75) is 37.8 Å². The van der Waals surface area contributed by atoms with E-state index in [1.165, 1.54) is 0 Å². The van der Waals surface area contributed by atoms with Crippen LogP contribution < -0.4 is 5.32 Å². The van der Waals surface area contributed by atoms with Gasteiger partial charge in [0.1, 0.15) is 0 Å². The van der Waals surface area contributed by atoms with Crippen LogP contribution in [0.4, 0.5) is 4.79 Å². The topological polar surface area (TPSA) is 82.1 Å². The van der Waals surface area contributed by atoms with E-state index >= 15 is 0 Å². The summed E-state index contributed by atoms with van der Waals surface area (Å²) in [5, 5.41) is 11.7. The molecule has 0 aromatic rings. The molecule has 1 aliphatic heterocycles. The van der Waals surface area contributed by atoms with Crippen LogP contribution in [-0.4, -0.2) is 78.9 Å². The Morgan fingerprint density at radius 1 is 1.24 bits per heavy atom. The highest BCUT2D eigenvalue weighted by Gasteiger charge is 2.30. The van der Waals surface area contributed by atoms with Crippen LogP contribution in [0.3, 0.4) is 0 Å². The predicted molar refractivity (Wildman–Crippen MR) is 77.2 cm³/mol. The summed E-state index contributed by atoms with van der Waals surface area (Å²) in [6.07, 6.45) is 3.36. The number of methoxy groups -OCH3 is 1. The first-order chi connectivity index (χ1) is 10.1. The summed E-state index contributed by atoms with van der Waals surface area (Å²) in [6.45, 7) is 3.32. The molecular weight excluding hydrogens is 274 g/mol. The van der Waals surface area contributed by atoms with Gasteiger partial charge in [-0.15, -0.1) is 0 Å². The highest BCUT2D eigenvalue weighted by molar-refractivity contribution is 5.74. The van der Waals surface area contributed by atoms with Gasteiger partial charge in [0.05, 0.1) is 18.6 Å². The monoisotopic (exact) mass is 299 g/mol. The minimum Gasteiger partial charge on any atom is -0.481 e. The fourth-order valence-corrected chi connectivity index (χ4v) is 3.05. The fraction of sp³-hybridized carbons (Fsp3) is 0.857. The van der Waals surface area contributed by atoms with Crippen molar-refractivity contribution in [2.24, 2.45) is 0 Å². The number of hydrogen-bond donors (Lipinski definition) is 2. The highest BCUT2D eigenvalue weighted by atomic mass is 16.5. The Morgan fingerprint density at radius 3 is 2.57 bits per heavy atom. The second kappa shape index (κ2) is 7.61. The second-order valence-electron chi connectivity index (χ2n) is 5.73. The first kappa shape index (κ1) is 16.0. The Bertz CT molecular complexity index is 369. The second-order valence-corrected chi connectivity index (χ2v) is 5.73. The number of carbonyl (C=O) groups excluding carboxylic acids is 1. The van der Waals surface area contributed by atoms with Crippen molar-refractivity contribution >= 4 is 12.0 Å². The zero-order valence-corrected chi connectivity index (χ0v) is 12.6. The van der Waals surface area contributed by atoms with E-state index in [4.69, 9.17) is 9.84 Å². The number of rotatable bonds is 5. The van der Waals surface area contributed by atoms with Crippen molar-refractivity contribution in [3.63, 3.8) is 0 Å². The van der Waals surface area contributed by atoms with Crippen LogP contribution in [0.15, 0.2) is 0 Å². The van der Waals surface area contributed by atoms with Crippen LogP contribution >= 0.6 is 0 Å². The van der Waals surface area contributed by atoms with Gasteiger partial charge >= 0.3 is 12.0 Å². The van der Waals surface area contributed by atoms with Crippen molar-refractivity contribution in [2.75, 3.05) is 39.8 Å². The molecule has 2 unspecified atom stereocenters. The normalized spacial score (nSPS) is 26.8. The lowest BCUT2D eigenvalue weighted by atomic mass is 10.2. The van der Waals surface area contributed by atoms with E-state index in [0.29, 0.717) is 19.6 Å². The van der Waals surface area contributed by atoms with E-state index in [2.05, 4.69) is 10.2 Å². The molecule has 0 spiro atoms. The number of carboxylic acids is 1. The first-order valence-electron chi connectivity index (χ1n) is 7.62. The number of nitrogens with zero attached hydrogens (tertiary/aromatic N) is 2. The van der Waals surface area contributed by atoms with E-state index in [-0.39, 0.29) is 24.6 Å². The number of carbonyl (C=O) groups is 2. The van der Waals surface area contributed by atoms with Gasteiger partial charge in [0.25, 0.3) is 0 Å². The first-order valence-corrected chi connectivity index (χ1v) is 7.62. The summed E-state index contributed by atoms with van der Waals surface area (Å²) < 4.78 is 5.39. The maximum absolute atomic E-state index is 12.2.